The van der Waals surface area contributed by atoms with Crippen molar-refractivity contribution in [2.75, 3.05) is 43.0 Å². The van der Waals surface area contributed by atoms with Crippen LogP contribution in [0, 0.1) is 6.92 Å². The van der Waals surface area contributed by atoms with Crippen LogP contribution in [-0.4, -0.2) is 38.7 Å². The number of hydrogen-bond donors (Lipinski definition) is 2. The van der Waals surface area contributed by atoms with E-state index in [0.717, 1.165) is 44.0 Å². The van der Waals surface area contributed by atoms with Gasteiger partial charge in [-0.1, -0.05) is 41.9 Å². The van der Waals surface area contributed by atoms with Crippen molar-refractivity contribution in [3.8, 4) is 5.75 Å². The van der Waals surface area contributed by atoms with Crippen LogP contribution in [0.1, 0.15) is 11.1 Å². The van der Waals surface area contributed by atoms with Crippen LogP contribution in [0.15, 0.2) is 72.8 Å². The molecule has 4 rings (SSSR count). The van der Waals surface area contributed by atoms with Crippen molar-refractivity contribution >= 4 is 28.9 Å². The third-order valence-corrected chi connectivity index (χ3v) is 6.01. The predicted molar refractivity (Wildman–Crippen MR) is 130 cm³/mol. The lowest BCUT2D eigenvalue weighted by atomic mass is 10.2. The van der Waals surface area contributed by atoms with Crippen molar-refractivity contribution in [1.29, 1.82) is 0 Å². The van der Waals surface area contributed by atoms with Gasteiger partial charge in [0.05, 0.1) is 26.2 Å². The Bertz CT molecular complexity index is 1030. The smallest absolute Gasteiger partial charge is 0.262 e. The summed E-state index contributed by atoms with van der Waals surface area (Å²) in [5.74, 6) is 0.471. The minimum absolute atomic E-state index is 0.0453. The number of ether oxygens (including phenoxy) is 1. The van der Waals surface area contributed by atoms with E-state index in [0.29, 0.717) is 10.8 Å². The molecule has 0 atom stereocenters. The third kappa shape index (κ3) is 6.02. The van der Waals surface area contributed by atoms with Crippen LogP contribution < -0.4 is 19.9 Å². The number of halogens is 1. The van der Waals surface area contributed by atoms with Crippen LogP contribution in [-0.2, 0) is 11.3 Å². The summed E-state index contributed by atoms with van der Waals surface area (Å²) in [7, 11) is 0. The number of aryl methyl sites for hydroxylation is 1. The molecule has 166 valence electrons. The predicted octanol–water partition coefficient (Wildman–Crippen LogP) is 3.57. The first kappa shape index (κ1) is 22.2. The maximum atomic E-state index is 12.3. The first-order valence-corrected chi connectivity index (χ1v) is 11.4. The van der Waals surface area contributed by atoms with Crippen molar-refractivity contribution in [1.82, 2.24) is 0 Å². The second kappa shape index (κ2) is 10.5. The fourth-order valence-corrected chi connectivity index (χ4v) is 4.24. The van der Waals surface area contributed by atoms with Gasteiger partial charge in [-0.15, -0.1) is 0 Å². The van der Waals surface area contributed by atoms with Crippen molar-refractivity contribution in [2.45, 2.75) is 13.5 Å². The van der Waals surface area contributed by atoms with Gasteiger partial charge < -0.3 is 19.9 Å². The Balaban J connectivity index is 1.24. The van der Waals surface area contributed by atoms with E-state index in [1.807, 2.05) is 25.1 Å². The Morgan fingerprint density at radius 2 is 1.75 bits per heavy atom. The van der Waals surface area contributed by atoms with Gasteiger partial charge in [0, 0.05) is 22.0 Å². The lowest BCUT2D eigenvalue weighted by Gasteiger charge is -2.33. The zero-order valence-corrected chi connectivity index (χ0v) is 19.1. The maximum Gasteiger partial charge on any atom is 0.262 e. The van der Waals surface area contributed by atoms with Crippen LogP contribution in [0.2, 0.25) is 5.02 Å². The minimum atomic E-state index is -0.190. The number of carbonyl (C=O) groups is 1. The molecular weight excluding hydrogens is 422 g/mol. The molecule has 1 aliphatic rings. The summed E-state index contributed by atoms with van der Waals surface area (Å²) in [5.41, 5.74) is 4.25. The van der Waals surface area contributed by atoms with Gasteiger partial charge in [-0.2, -0.15) is 0 Å². The monoisotopic (exact) mass is 450 g/mol. The van der Waals surface area contributed by atoms with E-state index in [1.165, 1.54) is 11.3 Å². The molecule has 0 aliphatic carbocycles. The van der Waals surface area contributed by atoms with Crippen molar-refractivity contribution < 1.29 is 14.4 Å². The van der Waals surface area contributed by atoms with E-state index >= 15 is 0 Å². The number of benzene rings is 3. The summed E-state index contributed by atoms with van der Waals surface area (Å²) < 4.78 is 5.62. The standard InChI is InChI=1S/C26H28ClN3O2/c1-20-17-22(27)7-12-25(20)32-19-26(31)28-23-8-10-24(11-9-23)30-15-13-29(14-16-30)18-21-5-3-2-4-6-21/h2-12,17H,13-16,18-19H2,1H3,(H,28,31)/p+1. The largest absolute Gasteiger partial charge is 0.483 e. The van der Waals surface area contributed by atoms with Gasteiger partial charge in [-0.05, 0) is 55.0 Å². The van der Waals surface area contributed by atoms with Gasteiger partial charge in [-0.25, -0.2) is 0 Å². The molecule has 0 bridgehead atoms. The highest BCUT2D eigenvalue weighted by Crippen LogP contribution is 2.22. The Hall–Kier alpha value is -3.02. The van der Waals surface area contributed by atoms with Crippen LogP contribution in [0.5, 0.6) is 5.75 Å². The Morgan fingerprint density at radius 1 is 1.03 bits per heavy atom. The Morgan fingerprint density at radius 3 is 2.44 bits per heavy atom. The van der Waals surface area contributed by atoms with E-state index in [1.54, 1.807) is 17.0 Å². The SMILES string of the molecule is Cc1cc(Cl)ccc1OCC(=O)Nc1ccc(N2CC[NH+](Cc3ccccc3)CC2)cc1. The zero-order valence-electron chi connectivity index (χ0n) is 18.3. The number of hydrogen-bond acceptors (Lipinski definition) is 3. The van der Waals surface area contributed by atoms with Gasteiger partial charge >= 0.3 is 0 Å². The van der Waals surface area contributed by atoms with Crippen LogP contribution in [0.4, 0.5) is 11.4 Å². The molecule has 0 aromatic heterocycles. The van der Waals surface area contributed by atoms with E-state index in [9.17, 15) is 4.79 Å². The number of carbonyl (C=O) groups excluding carboxylic acids is 1. The minimum Gasteiger partial charge on any atom is -0.483 e. The quantitative estimate of drug-likeness (QED) is 0.578. The van der Waals surface area contributed by atoms with Crippen LogP contribution in [0.25, 0.3) is 0 Å². The molecule has 6 heteroatoms. The van der Waals surface area contributed by atoms with E-state index in [4.69, 9.17) is 16.3 Å². The summed E-state index contributed by atoms with van der Waals surface area (Å²) in [6, 6.07) is 24.1. The fraction of sp³-hybridized carbons (Fsp3) is 0.269. The van der Waals surface area contributed by atoms with Gasteiger partial charge in [0.2, 0.25) is 0 Å². The van der Waals surface area contributed by atoms with E-state index < -0.39 is 0 Å². The second-order valence-corrected chi connectivity index (χ2v) is 8.63. The summed E-state index contributed by atoms with van der Waals surface area (Å²) in [6.07, 6.45) is 0. The first-order valence-electron chi connectivity index (χ1n) is 11.0. The van der Waals surface area contributed by atoms with Gasteiger partial charge in [0.25, 0.3) is 5.91 Å². The van der Waals surface area contributed by atoms with Gasteiger partial charge in [0.15, 0.2) is 6.61 Å². The lowest BCUT2D eigenvalue weighted by molar-refractivity contribution is -0.914. The topological polar surface area (TPSA) is 46.0 Å². The lowest BCUT2D eigenvalue weighted by Crippen LogP contribution is -3.13. The molecule has 0 spiro atoms. The number of nitrogens with one attached hydrogen (secondary N) is 2. The molecule has 1 saturated heterocycles. The van der Waals surface area contributed by atoms with E-state index in [2.05, 4.69) is 52.7 Å². The van der Waals surface area contributed by atoms with Crippen molar-refractivity contribution in [2.24, 2.45) is 0 Å². The van der Waals surface area contributed by atoms with Crippen molar-refractivity contribution in [3.63, 3.8) is 0 Å². The first-order chi connectivity index (χ1) is 15.6. The van der Waals surface area contributed by atoms with Gasteiger partial charge in [-0.3, -0.25) is 4.79 Å². The number of anilines is 2. The highest BCUT2D eigenvalue weighted by atomic mass is 35.5. The normalized spacial score (nSPS) is 14.2. The molecule has 0 unspecified atom stereocenters. The van der Waals surface area contributed by atoms with Crippen molar-refractivity contribution in [3.05, 3.63) is 88.9 Å². The van der Waals surface area contributed by atoms with Gasteiger partial charge in [0.1, 0.15) is 12.3 Å². The highest BCUT2D eigenvalue weighted by molar-refractivity contribution is 6.30. The molecule has 1 amide bonds. The number of piperazine rings is 1. The summed E-state index contributed by atoms with van der Waals surface area (Å²) in [4.78, 5) is 16.3. The van der Waals surface area contributed by atoms with Crippen LogP contribution in [0.3, 0.4) is 0 Å². The molecule has 2 N–H and O–H groups in total. The average molecular weight is 451 g/mol. The number of quaternary nitrogens is 1. The Kier molecular flexibility index (Phi) is 7.30. The summed E-state index contributed by atoms with van der Waals surface area (Å²) in [6.45, 7) is 7.24. The number of nitrogens with zero attached hydrogens (tertiary/aromatic N) is 1. The average Bonchev–Trinajstić information content (AvgIpc) is 2.80. The highest BCUT2D eigenvalue weighted by Gasteiger charge is 2.20. The molecule has 3 aromatic rings. The third-order valence-electron chi connectivity index (χ3n) is 5.78. The number of rotatable bonds is 7. The molecular formula is C26H29ClN3O2+. The molecule has 0 saturated carbocycles. The molecule has 32 heavy (non-hydrogen) atoms. The Labute approximate surface area is 194 Å². The number of amides is 1. The molecule has 1 heterocycles. The summed E-state index contributed by atoms with van der Waals surface area (Å²) >= 11 is 5.96. The maximum absolute atomic E-state index is 12.3. The molecule has 5 nitrogen and oxygen atoms in total. The fourth-order valence-electron chi connectivity index (χ4n) is 4.01. The molecule has 3 aromatic carbocycles. The molecule has 1 fully saturated rings. The molecule has 0 radical (unpaired) electrons. The molecule has 1 aliphatic heterocycles. The second-order valence-electron chi connectivity index (χ2n) is 8.19. The van der Waals surface area contributed by atoms with Crippen LogP contribution >= 0.6 is 11.6 Å². The zero-order chi connectivity index (χ0) is 22.3. The van der Waals surface area contributed by atoms with E-state index in [-0.39, 0.29) is 12.5 Å². The summed E-state index contributed by atoms with van der Waals surface area (Å²) in [5, 5.41) is 3.55.